The number of rotatable bonds is 3. The van der Waals surface area contributed by atoms with Crippen molar-refractivity contribution in [3.63, 3.8) is 0 Å². The molecule has 2 unspecified atom stereocenters. The van der Waals surface area contributed by atoms with Gasteiger partial charge in [-0.15, -0.1) is 0 Å². The molecule has 1 aromatic rings. The molecule has 0 bridgehead atoms. The number of imide groups is 1. The molecule has 0 spiro atoms. The quantitative estimate of drug-likeness (QED) is 0.826. The van der Waals surface area contributed by atoms with Gasteiger partial charge in [0.1, 0.15) is 12.1 Å². The number of carbonyl (C=O) groups excluding carboxylic acids is 2. The molecule has 2 amide bonds. The fourth-order valence-electron chi connectivity index (χ4n) is 3.22. The zero-order chi connectivity index (χ0) is 15.1. The van der Waals surface area contributed by atoms with Crippen molar-refractivity contribution in [3.05, 3.63) is 29.8 Å². The number of para-hydroxylation sites is 1. The van der Waals surface area contributed by atoms with E-state index in [0.29, 0.717) is 13.0 Å². The highest BCUT2D eigenvalue weighted by atomic mass is 16.4. The number of carbonyl (C=O) groups is 3. The van der Waals surface area contributed by atoms with Gasteiger partial charge in [-0.25, -0.2) is 4.79 Å². The van der Waals surface area contributed by atoms with Gasteiger partial charge in [-0.3, -0.25) is 14.5 Å². The number of likely N-dealkylation sites (tertiary alicyclic amines) is 1. The third-order valence-electron chi connectivity index (χ3n) is 4.18. The Hall–Kier alpha value is -2.37. The largest absolute Gasteiger partial charge is 0.480 e. The Morgan fingerprint density at radius 1 is 1.29 bits per heavy atom. The van der Waals surface area contributed by atoms with Crippen LogP contribution in [-0.4, -0.2) is 46.4 Å². The normalized spacial score (nSPS) is 24.6. The van der Waals surface area contributed by atoms with Crippen LogP contribution in [0.3, 0.4) is 0 Å². The predicted molar refractivity (Wildman–Crippen MR) is 74.8 cm³/mol. The van der Waals surface area contributed by atoms with E-state index in [0.717, 1.165) is 11.3 Å². The number of carboxylic acid groups (broad SMARTS) is 1. The molecule has 2 heterocycles. The number of hydrogen-bond acceptors (Lipinski definition) is 4. The lowest BCUT2D eigenvalue weighted by Gasteiger charge is -2.29. The smallest absolute Gasteiger partial charge is 0.326 e. The standard InChI is InChI=1S/C15H16N2O4/c1-2-16-13(18)8-11(14(16)19)17-10-6-4-3-5-9(10)7-12(17)15(20)21/h3-6,11-12H,2,7-8H2,1H3,(H,20,21). The highest BCUT2D eigenvalue weighted by molar-refractivity contribution is 6.08. The molecule has 1 saturated heterocycles. The van der Waals surface area contributed by atoms with E-state index < -0.39 is 18.1 Å². The topological polar surface area (TPSA) is 77.9 Å². The van der Waals surface area contributed by atoms with Crippen LogP contribution in [0.1, 0.15) is 18.9 Å². The summed E-state index contributed by atoms with van der Waals surface area (Å²) in [5, 5.41) is 9.44. The Bertz CT molecular complexity index is 628. The zero-order valence-electron chi connectivity index (χ0n) is 11.7. The SMILES string of the molecule is CCN1C(=O)CC(N2c3ccccc3CC2C(=O)O)C1=O. The Labute approximate surface area is 122 Å². The Morgan fingerprint density at radius 3 is 2.62 bits per heavy atom. The van der Waals surface area contributed by atoms with Crippen LogP contribution >= 0.6 is 0 Å². The number of amides is 2. The summed E-state index contributed by atoms with van der Waals surface area (Å²) in [4.78, 5) is 38.6. The molecule has 2 aliphatic heterocycles. The van der Waals surface area contributed by atoms with E-state index in [1.54, 1.807) is 11.8 Å². The van der Waals surface area contributed by atoms with Crippen LogP contribution in [-0.2, 0) is 20.8 Å². The summed E-state index contributed by atoms with van der Waals surface area (Å²) >= 11 is 0. The molecule has 2 atom stereocenters. The summed E-state index contributed by atoms with van der Waals surface area (Å²) in [6.07, 6.45) is 0.403. The number of aliphatic carboxylic acids is 1. The van der Waals surface area contributed by atoms with Crippen molar-refractivity contribution in [1.82, 2.24) is 4.90 Å². The van der Waals surface area contributed by atoms with E-state index in [2.05, 4.69) is 0 Å². The van der Waals surface area contributed by atoms with Gasteiger partial charge in [-0.2, -0.15) is 0 Å². The van der Waals surface area contributed by atoms with Crippen molar-refractivity contribution < 1.29 is 19.5 Å². The van der Waals surface area contributed by atoms with Gasteiger partial charge in [-0.05, 0) is 18.6 Å². The zero-order valence-corrected chi connectivity index (χ0v) is 11.7. The lowest BCUT2D eigenvalue weighted by atomic mass is 10.1. The van der Waals surface area contributed by atoms with Gasteiger partial charge in [0, 0.05) is 18.7 Å². The van der Waals surface area contributed by atoms with Crippen molar-refractivity contribution in [1.29, 1.82) is 0 Å². The van der Waals surface area contributed by atoms with Crippen LogP contribution in [0.5, 0.6) is 0 Å². The first kappa shape index (κ1) is 13.6. The molecule has 2 aliphatic rings. The van der Waals surface area contributed by atoms with Gasteiger partial charge >= 0.3 is 5.97 Å². The van der Waals surface area contributed by atoms with Gasteiger partial charge in [-0.1, -0.05) is 18.2 Å². The molecular weight excluding hydrogens is 272 g/mol. The van der Waals surface area contributed by atoms with Crippen molar-refractivity contribution in [3.8, 4) is 0 Å². The maximum absolute atomic E-state index is 12.4. The first-order valence-electron chi connectivity index (χ1n) is 6.97. The van der Waals surface area contributed by atoms with Crippen LogP contribution in [0.2, 0.25) is 0 Å². The molecule has 6 nitrogen and oxygen atoms in total. The molecule has 6 heteroatoms. The van der Waals surface area contributed by atoms with Crippen LogP contribution in [0.4, 0.5) is 5.69 Å². The van der Waals surface area contributed by atoms with Gasteiger partial charge in [0.25, 0.3) is 5.91 Å². The highest BCUT2D eigenvalue weighted by Gasteiger charge is 2.47. The summed E-state index contributed by atoms with van der Waals surface area (Å²) in [5.41, 5.74) is 1.65. The third kappa shape index (κ3) is 1.98. The summed E-state index contributed by atoms with van der Waals surface area (Å²) in [6, 6.07) is 5.84. The average molecular weight is 288 g/mol. The highest BCUT2D eigenvalue weighted by Crippen LogP contribution is 2.36. The lowest BCUT2D eigenvalue weighted by Crippen LogP contribution is -2.49. The summed E-state index contributed by atoms with van der Waals surface area (Å²) < 4.78 is 0. The number of nitrogens with zero attached hydrogens (tertiary/aromatic N) is 2. The Kier molecular flexibility index (Phi) is 3.16. The van der Waals surface area contributed by atoms with Crippen molar-refractivity contribution in [2.75, 3.05) is 11.4 Å². The fraction of sp³-hybridized carbons (Fsp3) is 0.400. The molecule has 3 rings (SSSR count). The summed E-state index contributed by atoms with van der Waals surface area (Å²) in [5.74, 6) is -1.51. The number of hydrogen-bond donors (Lipinski definition) is 1. The van der Waals surface area contributed by atoms with E-state index in [1.807, 2.05) is 24.3 Å². The molecule has 0 aliphatic carbocycles. The molecule has 21 heavy (non-hydrogen) atoms. The minimum atomic E-state index is -0.971. The van der Waals surface area contributed by atoms with E-state index in [1.165, 1.54) is 4.90 Å². The molecule has 0 aromatic heterocycles. The van der Waals surface area contributed by atoms with Gasteiger partial charge < -0.3 is 10.0 Å². The van der Waals surface area contributed by atoms with Crippen molar-refractivity contribution >= 4 is 23.5 Å². The molecule has 1 fully saturated rings. The maximum atomic E-state index is 12.4. The van der Waals surface area contributed by atoms with Gasteiger partial charge in [0.05, 0.1) is 6.42 Å². The molecule has 110 valence electrons. The Balaban J connectivity index is 2.01. The number of fused-ring (bicyclic) bond motifs is 1. The maximum Gasteiger partial charge on any atom is 0.326 e. The molecule has 0 radical (unpaired) electrons. The van der Waals surface area contributed by atoms with E-state index in [4.69, 9.17) is 0 Å². The van der Waals surface area contributed by atoms with Crippen LogP contribution in [0.25, 0.3) is 0 Å². The monoisotopic (exact) mass is 288 g/mol. The van der Waals surface area contributed by atoms with Crippen molar-refractivity contribution in [2.24, 2.45) is 0 Å². The minimum absolute atomic E-state index is 0.0464. The average Bonchev–Trinajstić information content (AvgIpc) is 2.96. The van der Waals surface area contributed by atoms with E-state index in [-0.39, 0.29) is 18.2 Å². The van der Waals surface area contributed by atoms with E-state index >= 15 is 0 Å². The minimum Gasteiger partial charge on any atom is -0.480 e. The summed E-state index contributed by atoms with van der Waals surface area (Å²) in [6.45, 7) is 2.06. The predicted octanol–water partition coefficient (Wildman–Crippen LogP) is 0.650. The first-order chi connectivity index (χ1) is 10.0. The molecule has 1 aromatic carbocycles. The second-order valence-corrected chi connectivity index (χ2v) is 5.29. The number of carboxylic acids is 1. The third-order valence-corrected chi connectivity index (χ3v) is 4.18. The van der Waals surface area contributed by atoms with Gasteiger partial charge in [0.2, 0.25) is 5.91 Å². The number of benzene rings is 1. The first-order valence-corrected chi connectivity index (χ1v) is 6.97. The van der Waals surface area contributed by atoms with Crippen LogP contribution < -0.4 is 4.90 Å². The van der Waals surface area contributed by atoms with Crippen LogP contribution in [0, 0.1) is 0 Å². The van der Waals surface area contributed by atoms with E-state index in [9.17, 15) is 19.5 Å². The number of anilines is 1. The second kappa shape index (κ2) is 4.87. The molecular formula is C15H16N2O4. The lowest BCUT2D eigenvalue weighted by molar-refractivity contribution is -0.138. The second-order valence-electron chi connectivity index (χ2n) is 5.29. The molecule has 1 N–H and O–H groups in total. The summed E-state index contributed by atoms with van der Waals surface area (Å²) in [7, 11) is 0. The fourth-order valence-corrected chi connectivity index (χ4v) is 3.22. The Morgan fingerprint density at radius 2 is 2.00 bits per heavy atom. The van der Waals surface area contributed by atoms with Gasteiger partial charge in [0.15, 0.2) is 0 Å². The van der Waals surface area contributed by atoms with Crippen LogP contribution in [0.15, 0.2) is 24.3 Å². The number of likely N-dealkylation sites (N-methyl/N-ethyl adjacent to an activating group) is 1. The molecule has 0 saturated carbocycles. The van der Waals surface area contributed by atoms with Crippen molar-refractivity contribution in [2.45, 2.75) is 31.8 Å².